The van der Waals surface area contributed by atoms with Crippen LogP contribution in [0.1, 0.15) is 55.1 Å². The lowest BCUT2D eigenvalue weighted by Crippen LogP contribution is -2.43. The molecular formula is C30H38F3N5O2. The van der Waals surface area contributed by atoms with Crippen LogP contribution in [-0.4, -0.2) is 57.3 Å². The van der Waals surface area contributed by atoms with Crippen LogP contribution in [0.25, 0.3) is 11.0 Å². The molecule has 40 heavy (non-hydrogen) atoms. The number of hydrogen-bond acceptors (Lipinski definition) is 5. The molecule has 1 fully saturated rings. The highest BCUT2D eigenvalue weighted by Crippen LogP contribution is 2.44. The number of hydrogen-bond donors (Lipinski definition) is 0. The molecular weight excluding hydrogens is 519 g/mol. The number of alkyl halides is 3. The fourth-order valence-electron chi connectivity index (χ4n) is 6.57. The number of halogens is 3. The Morgan fingerprint density at radius 3 is 2.62 bits per heavy atom. The molecule has 2 unspecified atom stereocenters. The Morgan fingerprint density at radius 2 is 1.93 bits per heavy atom. The summed E-state index contributed by atoms with van der Waals surface area (Å²) >= 11 is 0. The van der Waals surface area contributed by atoms with Gasteiger partial charge in [-0.2, -0.15) is 13.2 Å². The van der Waals surface area contributed by atoms with E-state index in [1.54, 1.807) is 30.3 Å². The maximum Gasteiger partial charge on any atom is 0.417 e. The largest absolute Gasteiger partial charge is 0.417 e. The van der Waals surface area contributed by atoms with Gasteiger partial charge < -0.3 is 9.64 Å². The van der Waals surface area contributed by atoms with E-state index >= 15 is 0 Å². The van der Waals surface area contributed by atoms with Crippen molar-refractivity contribution in [1.29, 1.82) is 0 Å². The highest BCUT2D eigenvalue weighted by Gasteiger charge is 2.45. The minimum atomic E-state index is -4.42. The molecule has 2 aromatic heterocycles. The lowest BCUT2D eigenvalue weighted by atomic mass is 9.81. The summed E-state index contributed by atoms with van der Waals surface area (Å²) in [5.41, 5.74) is 4.45. The quantitative estimate of drug-likeness (QED) is 0.407. The van der Waals surface area contributed by atoms with Gasteiger partial charge in [0.05, 0.1) is 23.2 Å². The zero-order valence-electron chi connectivity index (χ0n) is 23.9. The number of rotatable bonds is 7. The number of methoxy groups -OCH3 is 1. The smallest absolute Gasteiger partial charge is 0.384 e. The SMILES string of the molecule is CC/C=C(/N1CCc2ncc(C(F)(F)F)cc2C1)C1(COC)CCN(C(C)c2ccc3c(c2)n(C)c(=O)n3C)C1. The van der Waals surface area contributed by atoms with Crippen LogP contribution in [0.4, 0.5) is 13.2 Å². The Balaban J connectivity index is 1.43. The normalized spacial score (nSPS) is 21.3. The van der Waals surface area contributed by atoms with Gasteiger partial charge in [-0.25, -0.2) is 4.79 Å². The first-order valence-corrected chi connectivity index (χ1v) is 13.9. The monoisotopic (exact) mass is 557 g/mol. The molecule has 2 atom stereocenters. The summed E-state index contributed by atoms with van der Waals surface area (Å²) in [6.45, 7) is 7.55. The number of ether oxygens (including phenoxy) is 1. The predicted octanol–water partition coefficient (Wildman–Crippen LogP) is 5.04. The van der Waals surface area contributed by atoms with Crippen LogP contribution in [-0.2, 0) is 38.0 Å². The second kappa shape index (κ2) is 10.7. The molecule has 7 nitrogen and oxygen atoms in total. The number of imidazole rings is 1. The van der Waals surface area contributed by atoms with E-state index in [0.717, 1.165) is 60.1 Å². The fourth-order valence-corrected chi connectivity index (χ4v) is 6.57. The van der Waals surface area contributed by atoms with E-state index in [1.165, 1.54) is 6.07 Å². The molecule has 0 aliphatic carbocycles. The Bertz CT molecular complexity index is 1490. The van der Waals surface area contributed by atoms with Gasteiger partial charge in [-0.05, 0) is 55.6 Å². The van der Waals surface area contributed by atoms with Crippen molar-refractivity contribution in [3.8, 4) is 0 Å². The molecule has 216 valence electrons. The number of pyridine rings is 1. The van der Waals surface area contributed by atoms with Gasteiger partial charge in [-0.1, -0.05) is 19.1 Å². The molecule has 1 aromatic carbocycles. The van der Waals surface area contributed by atoms with E-state index in [1.807, 2.05) is 6.07 Å². The number of aryl methyl sites for hydroxylation is 2. The summed E-state index contributed by atoms with van der Waals surface area (Å²) in [6.07, 6.45) is 1.07. The van der Waals surface area contributed by atoms with Crippen molar-refractivity contribution in [2.24, 2.45) is 19.5 Å². The van der Waals surface area contributed by atoms with Gasteiger partial charge in [0.1, 0.15) is 0 Å². The zero-order valence-corrected chi connectivity index (χ0v) is 23.9. The number of benzene rings is 1. The third kappa shape index (κ3) is 4.96. The Labute approximate surface area is 232 Å². The third-order valence-corrected chi connectivity index (χ3v) is 8.78. The molecule has 2 aliphatic rings. The molecule has 10 heteroatoms. The predicted molar refractivity (Wildman–Crippen MR) is 149 cm³/mol. The summed E-state index contributed by atoms with van der Waals surface area (Å²) in [7, 11) is 5.30. The van der Waals surface area contributed by atoms with Crippen molar-refractivity contribution in [3.05, 3.63) is 75.1 Å². The maximum absolute atomic E-state index is 13.4. The van der Waals surface area contributed by atoms with E-state index in [-0.39, 0.29) is 17.1 Å². The van der Waals surface area contributed by atoms with Crippen molar-refractivity contribution < 1.29 is 17.9 Å². The molecule has 1 saturated heterocycles. The van der Waals surface area contributed by atoms with Crippen molar-refractivity contribution in [1.82, 2.24) is 23.9 Å². The molecule has 0 bridgehead atoms. The molecule has 0 spiro atoms. The molecule has 0 radical (unpaired) electrons. The Morgan fingerprint density at radius 1 is 1.18 bits per heavy atom. The number of likely N-dealkylation sites (tertiary alicyclic amines) is 1. The zero-order chi connectivity index (χ0) is 28.8. The van der Waals surface area contributed by atoms with Gasteiger partial charge in [-0.15, -0.1) is 0 Å². The summed E-state index contributed by atoms with van der Waals surface area (Å²) in [5.74, 6) is 0. The van der Waals surface area contributed by atoms with Crippen molar-refractivity contribution >= 4 is 11.0 Å². The van der Waals surface area contributed by atoms with Gasteiger partial charge in [0.25, 0.3) is 0 Å². The van der Waals surface area contributed by atoms with Crippen LogP contribution < -0.4 is 5.69 Å². The summed E-state index contributed by atoms with van der Waals surface area (Å²) in [4.78, 5) is 21.3. The number of allylic oxidation sites excluding steroid dienone is 1. The first kappa shape index (κ1) is 28.4. The minimum absolute atomic E-state index is 0.0462. The van der Waals surface area contributed by atoms with Crippen LogP contribution in [0.15, 0.2) is 47.0 Å². The topological polar surface area (TPSA) is 55.5 Å². The van der Waals surface area contributed by atoms with Crippen molar-refractivity contribution in [2.75, 3.05) is 33.4 Å². The van der Waals surface area contributed by atoms with E-state index < -0.39 is 11.7 Å². The van der Waals surface area contributed by atoms with E-state index in [2.05, 4.69) is 46.8 Å². The van der Waals surface area contributed by atoms with Crippen molar-refractivity contribution in [2.45, 2.75) is 51.9 Å². The van der Waals surface area contributed by atoms with E-state index in [0.29, 0.717) is 31.7 Å². The number of nitrogens with zero attached hydrogens (tertiary/aromatic N) is 5. The van der Waals surface area contributed by atoms with Crippen LogP contribution >= 0.6 is 0 Å². The average molecular weight is 558 g/mol. The summed E-state index contributed by atoms with van der Waals surface area (Å²) in [6, 6.07) is 7.59. The lowest BCUT2D eigenvalue weighted by molar-refractivity contribution is -0.137. The lowest BCUT2D eigenvalue weighted by Gasteiger charge is -2.42. The van der Waals surface area contributed by atoms with Crippen LogP contribution in [0.2, 0.25) is 0 Å². The van der Waals surface area contributed by atoms with Crippen molar-refractivity contribution in [3.63, 3.8) is 0 Å². The molecule has 0 N–H and O–H groups in total. The van der Waals surface area contributed by atoms with Crippen LogP contribution in [0.5, 0.6) is 0 Å². The number of aromatic nitrogens is 3. The highest BCUT2D eigenvalue weighted by molar-refractivity contribution is 5.77. The second-order valence-corrected chi connectivity index (χ2v) is 11.3. The first-order chi connectivity index (χ1) is 19.0. The Hall–Kier alpha value is -3.11. The average Bonchev–Trinajstić information content (AvgIpc) is 3.46. The Kier molecular flexibility index (Phi) is 7.60. The molecule has 0 amide bonds. The van der Waals surface area contributed by atoms with Gasteiger partial charge in [-0.3, -0.25) is 19.0 Å². The summed E-state index contributed by atoms with van der Waals surface area (Å²) < 4.78 is 49.4. The van der Waals surface area contributed by atoms with Crippen LogP contribution in [0.3, 0.4) is 0 Å². The second-order valence-electron chi connectivity index (χ2n) is 11.3. The molecule has 0 saturated carbocycles. The highest BCUT2D eigenvalue weighted by atomic mass is 19.4. The number of fused-ring (bicyclic) bond motifs is 2. The first-order valence-electron chi connectivity index (χ1n) is 13.9. The molecule has 2 aliphatic heterocycles. The van der Waals surface area contributed by atoms with Gasteiger partial charge in [0, 0.05) is 76.3 Å². The standard InChI is InChI=1S/C30H38F3N5O2/c1-6-7-27(37-12-10-24-22(17-37)14-23(16-34-24)30(31,32)33)29(19-40-5)11-13-38(18-29)20(2)21-8-9-25-26(15-21)36(4)28(39)35(25)3/h7-9,14-16,20H,6,10-13,17-19H2,1-5H3/b27-7+. The van der Waals surface area contributed by atoms with Gasteiger partial charge in [0.2, 0.25) is 0 Å². The molecule has 3 aromatic rings. The van der Waals surface area contributed by atoms with E-state index in [4.69, 9.17) is 4.74 Å². The van der Waals surface area contributed by atoms with Gasteiger partial charge >= 0.3 is 11.9 Å². The third-order valence-electron chi connectivity index (χ3n) is 8.78. The van der Waals surface area contributed by atoms with Crippen LogP contribution in [0, 0.1) is 5.41 Å². The maximum atomic E-state index is 13.4. The fraction of sp³-hybridized carbons (Fsp3) is 0.533. The van der Waals surface area contributed by atoms with Gasteiger partial charge in [0.15, 0.2) is 0 Å². The summed E-state index contributed by atoms with van der Waals surface area (Å²) in [5, 5.41) is 0. The molecule has 4 heterocycles. The van der Waals surface area contributed by atoms with E-state index in [9.17, 15) is 18.0 Å². The minimum Gasteiger partial charge on any atom is -0.384 e. The molecule has 5 rings (SSSR count).